The van der Waals surface area contributed by atoms with Gasteiger partial charge in [-0.2, -0.15) is 0 Å². The number of alkyl carbamates (subject to hydrolysis) is 1. The number of carbonyl (C=O) groups is 4. The number of carbonyl (C=O) groups excluding carboxylic acids is 4. The number of hydrogen-bond acceptors (Lipinski definition) is 7. The first kappa shape index (κ1) is 27.8. The van der Waals surface area contributed by atoms with Gasteiger partial charge in [0.15, 0.2) is 11.6 Å². The Kier molecular flexibility index (Phi) is 10.4. The van der Waals surface area contributed by atoms with Crippen molar-refractivity contribution in [3.8, 4) is 0 Å². The van der Waals surface area contributed by atoms with E-state index in [0.29, 0.717) is 13.0 Å². The van der Waals surface area contributed by atoms with Gasteiger partial charge in [0.1, 0.15) is 18.8 Å². The summed E-state index contributed by atoms with van der Waals surface area (Å²) in [6, 6.07) is 8.19. The Bertz CT molecular complexity index is 906. The van der Waals surface area contributed by atoms with Crippen molar-refractivity contribution >= 4 is 23.6 Å². The number of benzene rings is 1. The van der Waals surface area contributed by atoms with Crippen LogP contribution in [0.25, 0.3) is 0 Å². The molecule has 1 saturated carbocycles. The molecule has 1 aromatic carbocycles. The van der Waals surface area contributed by atoms with Crippen molar-refractivity contribution < 1.29 is 29.0 Å². The molecule has 0 bridgehead atoms. The first-order valence-corrected chi connectivity index (χ1v) is 12.9. The number of aliphatic hydroxyl groups is 1. The van der Waals surface area contributed by atoms with E-state index in [-0.39, 0.29) is 36.7 Å². The lowest BCUT2D eigenvalue weighted by atomic mass is 9.95. The van der Waals surface area contributed by atoms with Crippen LogP contribution in [0.5, 0.6) is 0 Å². The lowest BCUT2D eigenvalue weighted by Crippen LogP contribution is -2.53. The molecule has 9 heteroatoms. The SMILES string of the molecule is CC(C)C[C@H](NC(=O)OC1CCCC1Cc1ccccc1)C(=O)N[C@@H](C[C@@H]1CNCC1=O)C(=O)CO. The molecule has 1 aliphatic carbocycles. The number of ether oxygens (including phenoxy) is 1. The van der Waals surface area contributed by atoms with Gasteiger partial charge < -0.3 is 25.8 Å². The van der Waals surface area contributed by atoms with Crippen molar-refractivity contribution in [1.29, 1.82) is 0 Å². The van der Waals surface area contributed by atoms with Gasteiger partial charge in [0.25, 0.3) is 0 Å². The van der Waals surface area contributed by atoms with E-state index in [1.54, 1.807) is 0 Å². The van der Waals surface area contributed by atoms with Crippen LogP contribution in [0, 0.1) is 17.8 Å². The van der Waals surface area contributed by atoms with Crippen molar-refractivity contribution in [3.63, 3.8) is 0 Å². The summed E-state index contributed by atoms with van der Waals surface area (Å²) in [7, 11) is 0. The van der Waals surface area contributed by atoms with Crippen LogP contribution < -0.4 is 16.0 Å². The Morgan fingerprint density at radius 3 is 2.50 bits per heavy atom. The molecule has 1 aromatic rings. The monoisotopic (exact) mass is 501 g/mol. The molecular formula is C27H39N3O6. The molecule has 1 heterocycles. The number of hydrogen-bond donors (Lipinski definition) is 4. The van der Waals surface area contributed by atoms with Gasteiger partial charge in [0.05, 0.1) is 12.6 Å². The standard InChI is InChI=1S/C27H39N3O6/c1-17(2)11-22(26(34)29-21(24(33)16-31)13-20-14-28-15-23(20)32)30-27(35)36-25-10-6-9-19(25)12-18-7-4-3-5-8-18/h3-5,7-8,17,19-22,25,28,31H,6,9-16H2,1-2H3,(H,29,34)(H,30,35)/t19?,20-,21+,22+,25?/m1/s1. The Morgan fingerprint density at radius 2 is 1.86 bits per heavy atom. The number of Topliss-reactive ketones (excluding diaryl/α,β-unsaturated/α-hetero) is 2. The number of aliphatic hydroxyl groups excluding tert-OH is 1. The predicted octanol–water partition coefficient (Wildman–Crippen LogP) is 1.76. The fourth-order valence-electron chi connectivity index (χ4n) is 5.11. The summed E-state index contributed by atoms with van der Waals surface area (Å²) in [6.07, 6.45) is 3.14. The zero-order chi connectivity index (χ0) is 26.1. The van der Waals surface area contributed by atoms with Crippen molar-refractivity contribution in [2.75, 3.05) is 19.7 Å². The van der Waals surface area contributed by atoms with E-state index in [9.17, 15) is 24.3 Å². The molecule has 4 N–H and O–H groups in total. The first-order valence-electron chi connectivity index (χ1n) is 12.9. The maximum Gasteiger partial charge on any atom is 0.408 e. The number of rotatable bonds is 12. The molecule has 1 aliphatic heterocycles. The van der Waals surface area contributed by atoms with E-state index in [2.05, 4.69) is 28.1 Å². The average Bonchev–Trinajstić information content (AvgIpc) is 3.46. The normalized spacial score (nSPS) is 23.3. The number of amides is 2. The van der Waals surface area contributed by atoms with Crippen LogP contribution in [-0.4, -0.2) is 66.6 Å². The molecule has 198 valence electrons. The number of nitrogens with one attached hydrogen (secondary N) is 3. The van der Waals surface area contributed by atoms with Crippen molar-refractivity contribution in [1.82, 2.24) is 16.0 Å². The lowest BCUT2D eigenvalue weighted by molar-refractivity contribution is -0.131. The molecule has 9 nitrogen and oxygen atoms in total. The molecule has 0 aromatic heterocycles. The average molecular weight is 502 g/mol. The van der Waals surface area contributed by atoms with Crippen LogP contribution in [0.4, 0.5) is 4.79 Å². The highest BCUT2D eigenvalue weighted by Gasteiger charge is 2.34. The van der Waals surface area contributed by atoms with E-state index in [1.165, 1.54) is 5.56 Å². The van der Waals surface area contributed by atoms with Crippen LogP contribution >= 0.6 is 0 Å². The summed E-state index contributed by atoms with van der Waals surface area (Å²) in [5.41, 5.74) is 1.20. The van der Waals surface area contributed by atoms with Gasteiger partial charge in [-0.15, -0.1) is 0 Å². The molecule has 2 fully saturated rings. The Labute approximate surface area is 212 Å². The lowest BCUT2D eigenvalue weighted by Gasteiger charge is -2.26. The summed E-state index contributed by atoms with van der Waals surface area (Å²) in [5, 5.41) is 17.7. The fourth-order valence-corrected chi connectivity index (χ4v) is 5.11. The molecule has 2 aliphatic rings. The minimum absolute atomic E-state index is 0.0259. The minimum atomic E-state index is -1.01. The molecule has 0 spiro atoms. The second kappa shape index (κ2) is 13.5. The van der Waals surface area contributed by atoms with Gasteiger partial charge in [0, 0.05) is 18.4 Å². The molecule has 0 radical (unpaired) electrons. The Balaban J connectivity index is 1.60. The van der Waals surface area contributed by atoms with Crippen LogP contribution in [0.15, 0.2) is 30.3 Å². The second-order valence-electron chi connectivity index (χ2n) is 10.4. The van der Waals surface area contributed by atoms with Crippen LogP contribution in [0.2, 0.25) is 0 Å². The maximum absolute atomic E-state index is 13.1. The minimum Gasteiger partial charge on any atom is -0.446 e. The molecule has 5 atom stereocenters. The topological polar surface area (TPSA) is 134 Å². The summed E-state index contributed by atoms with van der Waals surface area (Å²) < 4.78 is 5.76. The van der Waals surface area contributed by atoms with E-state index >= 15 is 0 Å². The predicted molar refractivity (Wildman–Crippen MR) is 134 cm³/mol. The largest absolute Gasteiger partial charge is 0.446 e. The van der Waals surface area contributed by atoms with Gasteiger partial charge in [-0.25, -0.2) is 4.79 Å². The fraction of sp³-hybridized carbons (Fsp3) is 0.630. The van der Waals surface area contributed by atoms with Gasteiger partial charge >= 0.3 is 6.09 Å². The van der Waals surface area contributed by atoms with E-state index in [0.717, 1.165) is 25.7 Å². The molecule has 2 unspecified atom stereocenters. The first-order chi connectivity index (χ1) is 17.3. The third-order valence-corrected chi connectivity index (χ3v) is 7.03. The van der Waals surface area contributed by atoms with Gasteiger partial charge in [-0.05, 0) is 50.0 Å². The quantitative estimate of drug-likeness (QED) is 0.343. The van der Waals surface area contributed by atoms with E-state index in [4.69, 9.17) is 4.74 Å². The highest BCUT2D eigenvalue weighted by atomic mass is 16.6. The molecule has 2 amide bonds. The van der Waals surface area contributed by atoms with Crippen molar-refractivity contribution in [3.05, 3.63) is 35.9 Å². The van der Waals surface area contributed by atoms with Gasteiger partial charge in [-0.3, -0.25) is 14.4 Å². The van der Waals surface area contributed by atoms with Crippen LogP contribution in [0.3, 0.4) is 0 Å². The summed E-state index contributed by atoms with van der Waals surface area (Å²) in [6.45, 7) is 3.77. The summed E-state index contributed by atoms with van der Waals surface area (Å²) in [5.74, 6) is -1.22. The Morgan fingerprint density at radius 1 is 1.11 bits per heavy atom. The smallest absolute Gasteiger partial charge is 0.408 e. The zero-order valence-electron chi connectivity index (χ0n) is 21.2. The van der Waals surface area contributed by atoms with Crippen molar-refractivity contribution in [2.24, 2.45) is 17.8 Å². The highest BCUT2D eigenvalue weighted by Crippen LogP contribution is 2.31. The summed E-state index contributed by atoms with van der Waals surface area (Å²) in [4.78, 5) is 50.3. The van der Waals surface area contributed by atoms with E-state index in [1.807, 2.05) is 32.0 Å². The summed E-state index contributed by atoms with van der Waals surface area (Å²) >= 11 is 0. The molecular weight excluding hydrogens is 462 g/mol. The maximum atomic E-state index is 13.1. The van der Waals surface area contributed by atoms with Crippen LogP contribution in [-0.2, 0) is 25.5 Å². The molecule has 3 rings (SSSR count). The zero-order valence-corrected chi connectivity index (χ0v) is 21.2. The third kappa shape index (κ3) is 8.13. The van der Waals surface area contributed by atoms with E-state index < -0.39 is 42.4 Å². The van der Waals surface area contributed by atoms with Crippen LogP contribution in [0.1, 0.15) is 51.5 Å². The second-order valence-corrected chi connectivity index (χ2v) is 10.4. The third-order valence-electron chi connectivity index (χ3n) is 7.03. The molecule has 1 saturated heterocycles. The number of ketones is 2. The van der Waals surface area contributed by atoms with Gasteiger partial charge in [0.2, 0.25) is 5.91 Å². The highest BCUT2D eigenvalue weighted by molar-refractivity contribution is 5.93. The van der Waals surface area contributed by atoms with Gasteiger partial charge in [-0.1, -0.05) is 44.2 Å². The molecule has 36 heavy (non-hydrogen) atoms. The Hall–Kier alpha value is -2.78. The van der Waals surface area contributed by atoms with Crippen molar-refractivity contribution in [2.45, 2.75) is 70.6 Å².